The van der Waals surface area contributed by atoms with E-state index in [0.29, 0.717) is 30.2 Å². The molecule has 1 rings (SSSR count). The van der Waals surface area contributed by atoms with E-state index in [1.807, 2.05) is 6.92 Å². The highest BCUT2D eigenvalue weighted by molar-refractivity contribution is 5.98. The maximum atomic E-state index is 11.7. The molecular weight excluding hydrogens is 216 g/mol. The molecule has 4 nitrogen and oxygen atoms in total. The van der Waals surface area contributed by atoms with E-state index in [0.717, 1.165) is 0 Å². The van der Waals surface area contributed by atoms with E-state index in [1.165, 1.54) is 0 Å². The summed E-state index contributed by atoms with van der Waals surface area (Å²) in [5.41, 5.74) is 6.86. The van der Waals surface area contributed by atoms with Gasteiger partial charge in [-0.25, -0.2) is 0 Å². The predicted octanol–water partition coefficient (Wildman–Crippen LogP) is 1.63. The molecule has 0 saturated heterocycles. The van der Waals surface area contributed by atoms with Gasteiger partial charge in [-0.2, -0.15) is 0 Å². The summed E-state index contributed by atoms with van der Waals surface area (Å²) in [6, 6.07) is 5.09. The molecule has 1 aromatic rings. The summed E-state index contributed by atoms with van der Waals surface area (Å²) >= 11 is 0. The smallest absolute Gasteiger partial charge is 0.176 e. The van der Waals surface area contributed by atoms with Crippen molar-refractivity contribution < 1.29 is 9.53 Å². The monoisotopic (exact) mass is 234 g/mol. The number of rotatable bonds is 7. The summed E-state index contributed by atoms with van der Waals surface area (Å²) in [6.07, 6.45) is 1.71. The molecule has 0 heterocycles. The average Bonchev–Trinajstić information content (AvgIpc) is 2.32. The number of ketones is 1. The van der Waals surface area contributed by atoms with Gasteiger partial charge in [0.25, 0.3) is 0 Å². The Bertz CT molecular complexity index is 402. The Morgan fingerprint density at radius 1 is 1.59 bits per heavy atom. The first-order chi connectivity index (χ1) is 8.19. The van der Waals surface area contributed by atoms with E-state index in [4.69, 9.17) is 10.5 Å². The zero-order valence-electron chi connectivity index (χ0n) is 10.0. The van der Waals surface area contributed by atoms with Gasteiger partial charge in [0.05, 0.1) is 18.8 Å². The molecule has 92 valence electrons. The SMILES string of the molecule is C=CCNCC(=O)c1ccc(OCC)c(N)c1. The normalized spacial score (nSPS) is 9.94. The van der Waals surface area contributed by atoms with Crippen LogP contribution < -0.4 is 15.8 Å². The summed E-state index contributed by atoms with van der Waals surface area (Å²) in [5.74, 6) is 0.615. The van der Waals surface area contributed by atoms with Crippen molar-refractivity contribution in [3.8, 4) is 5.75 Å². The largest absolute Gasteiger partial charge is 0.492 e. The maximum absolute atomic E-state index is 11.7. The minimum atomic E-state index is 0.00148. The summed E-state index contributed by atoms with van der Waals surface area (Å²) in [6.45, 7) is 6.89. The lowest BCUT2D eigenvalue weighted by Gasteiger charge is -2.08. The van der Waals surface area contributed by atoms with Gasteiger partial charge in [0.15, 0.2) is 5.78 Å². The number of nitrogens with one attached hydrogen (secondary N) is 1. The molecule has 0 unspecified atom stereocenters. The van der Waals surface area contributed by atoms with Crippen molar-refractivity contribution in [2.45, 2.75) is 6.92 Å². The van der Waals surface area contributed by atoms with Crippen molar-refractivity contribution in [2.75, 3.05) is 25.4 Å². The number of ether oxygens (including phenoxy) is 1. The number of carbonyl (C=O) groups is 1. The Morgan fingerprint density at radius 3 is 2.94 bits per heavy atom. The van der Waals surface area contributed by atoms with Crippen molar-refractivity contribution in [2.24, 2.45) is 0 Å². The number of hydrogen-bond acceptors (Lipinski definition) is 4. The minimum absolute atomic E-state index is 0.00148. The Labute approximate surface area is 101 Å². The quantitative estimate of drug-likeness (QED) is 0.326. The number of anilines is 1. The molecule has 0 aromatic heterocycles. The molecule has 0 amide bonds. The lowest BCUT2D eigenvalue weighted by Crippen LogP contribution is -2.23. The highest BCUT2D eigenvalue weighted by Crippen LogP contribution is 2.22. The number of nitrogen functional groups attached to an aromatic ring is 1. The van der Waals surface area contributed by atoms with E-state index < -0.39 is 0 Å². The third-order valence-corrected chi connectivity index (χ3v) is 2.21. The van der Waals surface area contributed by atoms with Gasteiger partial charge in [-0.05, 0) is 25.1 Å². The fourth-order valence-corrected chi connectivity index (χ4v) is 1.40. The Hall–Kier alpha value is -1.81. The van der Waals surface area contributed by atoms with Crippen molar-refractivity contribution in [1.29, 1.82) is 0 Å². The Balaban J connectivity index is 2.68. The summed E-state index contributed by atoms with van der Waals surface area (Å²) in [7, 11) is 0. The van der Waals surface area contributed by atoms with Crippen molar-refractivity contribution in [1.82, 2.24) is 5.32 Å². The molecule has 0 aliphatic carbocycles. The third kappa shape index (κ3) is 3.92. The van der Waals surface area contributed by atoms with Gasteiger partial charge in [0.2, 0.25) is 0 Å². The zero-order valence-corrected chi connectivity index (χ0v) is 10.0. The third-order valence-electron chi connectivity index (χ3n) is 2.21. The number of benzene rings is 1. The highest BCUT2D eigenvalue weighted by Gasteiger charge is 2.08. The molecular formula is C13H18N2O2. The zero-order chi connectivity index (χ0) is 12.7. The standard InChI is InChI=1S/C13H18N2O2/c1-3-7-15-9-12(16)10-5-6-13(17-4-2)11(14)8-10/h3,5-6,8,15H,1,4,7,9,14H2,2H3. The summed E-state index contributed by atoms with van der Waals surface area (Å²) in [5, 5.41) is 2.95. The fourth-order valence-electron chi connectivity index (χ4n) is 1.40. The minimum Gasteiger partial charge on any atom is -0.492 e. The van der Waals surface area contributed by atoms with E-state index in [2.05, 4.69) is 11.9 Å². The van der Waals surface area contributed by atoms with Crippen LogP contribution in [0.2, 0.25) is 0 Å². The van der Waals surface area contributed by atoms with Crippen LogP contribution >= 0.6 is 0 Å². The van der Waals surface area contributed by atoms with Crippen LogP contribution in [-0.2, 0) is 0 Å². The van der Waals surface area contributed by atoms with Crippen LogP contribution in [0, 0.1) is 0 Å². The van der Waals surface area contributed by atoms with E-state index in [-0.39, 0.29) is 12.3 Å². The van der Waals surface area contributed by atoms with Crippen LogP contribution in [0.25, 0.3) is 0 Å². The fraction of sp³-hybridized carbons (Fsp3) is 0.308. The van der Waals surface area contributed by atoms with E-state index in [9.17, 15) is 4.79 Å². The first kappa shape index (κ1) is 13.3. The van der Waals surface area contributed by atoms with Gasteiger partial charge in [0.1, 0.15) is 5.75 Å². The first-order valence-corrected chi connectivity index (χ1v) is 5.56. The molecule has 3 N–H and O–H groups in total. The number of Topliss-reactive ketones (excluding diaryl/α,β-unsaturated/α-hetero) is 1. The molecule has 0 aliphatic heterocycles. The van der Waals surface area contributed by atoms with Crippen LogP contribution in [0.5, 0.6) is 5.75 Å². The van der Waals surface area contributed by atoms with E-state index in [1.54, 1.807) is 24.3 Å². The molecule has 0 fully saturated rings. The molecule has 4 heteroatoms. The second kappa shape index (κ2) is 6.70. The molecule has 0 spiro atoms. The lowest BCUT2D eigenvalue weighted by atomic mass is 10.1. The summed E-state index contributed by atoms with van der Waals surface area (Å²) in [4.78, 5) is 11.7. The molecule has 0 radical (unpaired) electrons. The maximum Gasteiger partial charge on any atom is 0.176 e. The molecule has 1 aromatic carbocycles. The van der Waals surface area contributed by atoms with Crippen LogP contribution in [0.4, 0.5) is 5.69 Å². The second-order valence-electron chi connectivity index (χ2n) is 3.53. The molecule has 0 bridgehead atoms. The van der Waals surface area contributed by atoms with Gasteiger partial charge < -0.3 is 15.8 Å². The number of nitrogens with two attached hydrogens (primary N) is 1. The van der Waals surface area contributed by atoms with Crippen molar-refractivity contribution in [3.05, 3.63) is 36.4 Å². The van der Waals surface area contributed by atoms with Gasteiger partial charge in [-0.3, -0.25) is 4.79 Å². The van der Waals surface area contributed by atoms with Gasteiger partial charge in [-0.15, -0.1) is 6.58 Å². The molecule has 17 heavy (non-hydrogen) atoms. The highest BCUT2D eigenvalue weighted by atomic mass is 16.5. The topological polar surface area (TPSA) is 64.3 Å². The van der Waals surface area contributed by atoms with Gasteiger partial charge in [-0.1, -0.05) is 6.08 Å². The van der Waals surface area contributed by atoms with Crippen LogP contribution in [0.1, 0.15) is 17.3 Å². The second-order valence-corrected chi connectivity index (χ2v) is 3.53. The lowest BCUT2D eigenvalue weighted by molar-refractivity contribution is 0.0992. The predicted molar refractivity (Wildman–Crippen MR) is 69.4 cm³/mol. The van der Waals surface area contributed by atoms with Crippen LogP contribution in [0.15, 0.2) is 30.9 Å². The molecule has 0 atom stereocenters. The number of carbonyl (C=O) groups excluding carboxylic acids is 1. The Morgan fingerprint density at radius 2 is 2.35 bits per heavy atom. The molecule has 0 saturated carbocycles. The first-order valence-electron chi connectivity index (χ1n) is 5.56. The van der Waals surface area contributed by atoms with Gasteiger partial charge in [0, 0.05) is 12.1 Å². The average molecular weight is 234 g/mol. The Kier molecular flexibility index (Phi) is 5.23. The van der Waals surface area contributed by atoms with E-state index >= 15 is 0 Å². The van der Waals surface area contributed by atoms with Crippen molar-refractivity contribution >= 4 is 11.5 Å². The van der Waals surface area contributed by atoms with Crippen molar-refractivity contribution in [3.63, 3.8) is 0 Å². The number of hydrogen-bond donors (Lipinski definition) is 2. The van der Waals surface area contributed by atoms with Gasteiger partial charge >= 0.3 is 0 Å². The summed E-state index contributed by atoms with van der Waals surface area (Å²) < 4.78 is 5.30. The van der Waals surface area contributed by atoms with Crippen LogP contribution in [-0.4, -0.2) is 25.5 Å². The molecule has 0 aliphatic rings. The van der Waals surface area contributed by atoms with Crippen LogP contribution in [0.3, 0.4) is 0 Å².